The van der Waals surface area contributed by atoms with Crippen LogP contribution in [0.3, 0.4) is 0 Å². The summed E-state index contributed by atoms with van der Waals surface area (Å²) in [5.74, 6) is -0.627. The van der Waals surface area contributed by atoms with Gasteiger partial charge in [-0.15, -0.1) is 5.10 Å². The third kappa shape index (κ3) is 2.57. The van der Waals surface area contributed by atoms with Crippen LogP contribution >= 0.6 is 0 Å². The summed E-state index contributed by atoms with van der Waals surface area (Å²) in [6, 6.07) is 5.79. The van der Waals surface area contributed by atoms with Crippen molar-refractivity contribution in [2.75, 3.05) is 6.61 Å². The number of aromatic nitrogens is 3. The lowest BCUT2D eigenvalue weighted by molar-refractivity contribution is -0.384. The SMILES string of the molecule is CCOC(=O)c1n[nH]nc1-c1cccc([N+](=O)[O-])c1. The zero-order valence-electron chi connectivity index (χ0n) is 9.99. The van der Waals surface area contributed by atoms with Gasteiger partial charge in [-0.2, -0.15) is 10.3 Å². The maximum Gasteiger partial charge on any atom is 0.361 e. The Labute approximate surface area is 107 Å². The van der Waals surface area contributed by atoms with E-state index >= 15 is 0 Å². The summed E-state index contributed by atoms with van der Waals surface area (Å²) in [6.07, 6.45) is 0. The van der Waals surface area contributed by atoms with Gasteiger partial charge in [-0.3, -0.25) is 10.1 Å². The Bertz CT molecular complexity index is 623. The monoisotopic (exact) mass is 262 g/mol. The summed E-state index contributed by atoms with van der Waals surface area (Å²) in [5, 5.41) is 20.6. The minimum Gasteiger partial charge on any atom is -0.461 e. The van der Waals surface area contributed by atoms with Gasteiger partial charge in [0, 0.05) is 17.7 Å². The molecule has 19 heavy (non-hydrogen) atoms. The van der Waals surface area contributed by atoms with E-state index < -0.39 is 10.9 Å². The Morgan fingerprint density at radius 2 is 2.26 bits per heavy atom. The molecule has 1 N–H and O–H groups in total. The maximum atomic E-state index is 11.6. The van der Waals surface area contributed by atoms with Gasteiger partial charge in [0.15, 0.2) is 5.69 Å². The molecule has 1 heterocycles. The first-order valence-corrected chi connectivity index (χ1v) is 5.46. The van der Waals surface area contributed by atoms with E-state index in [0.717, 1.165) is 0 Å². The van der Waals surface area contributed by atoms with Crippen molar-refractivity contribution < 1.29 is 14.5 Å². The first-order valence-electron chi connectivity index (χ1n) is 5.46. The number of nitro groups is 1. The van der Waals surface area contributed by atoms with Crippen molar-refractivity contribution >= 4 is 11.7 Å². The molecule has 0 radical (unpaired) electrons. The first kappa shape index (κ1) is 12.7. The Balaban J connectivity index is 2.42. The van der Waals surface area contributed by atoms with Crippen LogP contribution in [0, 0.1) is 10.1 Å². The fourth-order valence-corrected chi connectivity index (χ4v) is 1.54. The van der Waals surface area contributed by atoms with Gasteiger partial charge in [0.25, 0.3) is 5.69 Å². The number of carbonyl (C=O) groups excluding carboxylic acids is 1. The molecular formula is C11H10N4O4. The number of carbonyl (C=O) groups is 1. The number of benzene rings is 1. The minimum atomic E-state index is -0.627. The van der Waals surface area contributed by atoms with Gasteiger partial charge in [0.05, 0.1) is 11.5 Å². The average Bonchev–Trinajstić information content (AvgIpc) is 2.88. The highest BCUT2D eigenvalue weighted by Gasteiger charge is 2.20. The number of hydrogen-bond donors (Lipinski definition) is 1. The molecule has 1 aromatic heterocycles. The number of hydrogen-bond acceptors (Lipinski definition) is 6. The Morgan fingerprint density at radius 1 is 1.47 bits per heavy atom. The van der Waals surface area contributed by atoms with E-state index in [1.165, 1.54) is 18.2 Å². The van der Waals surface area contributed by atoms with E-state index in [1.54, 1.807) is 13.0 Å². The van der Waals surface area contributed by atoms with Gasteiger partial charge in [-0.25, -0.2) is 4.79 Å². The zero-order valence-corrected chi connectivity index (χ0v) is 9.99. The third-order valence-corrected chi connectivity index (χ3v) is 2.35. The van der Waals surface area contributed by atoms with Crippen LogP contribution in [0.25, 0.3) is 11.3 Å². The number of H-pyrrole nitrogens is 1. The second-order valence-corrected chi connectivity index (χ2v) is 3.55. The van der Waals surface area contributed by atoms with Crippen molar-refractivity contribution in [3.05, 3.63) is 40.1 Å². The summed E-state index contributed by atoms with van der Waals surface area (Å²) in [7, 11) is 0. The molecule has 0 saturated heterocycles. The second kappa shape index (κ2) is 5.25. The molecule has 2 rings (SSSR count). The predicted octanol–water partition coefficient (Wildman–Crippen LogP) is 1.56. The Hall–Kier alpha value is -2.77. The number of nitrogens with one attached hydrogen (secondary N) is 1. The quantitative estimate of drug-likeness (QED) is 0.508. The molecule has 98 valence electrons. The molecule has 2 aromatic rings. The van der Waals surface area contributed by atoms with Gasteiger partial charge in [0.1, 0.15) is 5.69 Å². The molecule has 8 heteroatoms. The number of nitro benzene ring substituents is 1. The summed E-state index contributed by atoms with van der Waals surface area (Å²) < 4.78 is 4.83. The normalized spacial score (nSPS) is 10.2. The lowest BCUT2D eigenvalue weighted by Crippen LogP contribution is -2.06. The molecule has 0 bridgehead atoms. The van der Waals surface area contributed by atoms with Gasteiger partial charge >= 0.3 is 5.97 Å². The molecule has 0 spiro atoms. The highest BCUT2D eigenvalue weighted by atomic mass is 16.6. The Kier molecular flexibility index (Phi) is 3.51. The zero-order chi connectivity index (χ0) is 13.8. The fraction of sp³-hybridized carbons (Fsp3) is 0.182. The predicted molar refractivity (Wildman–Crippen MR) is 64.4 cm³/mol. The molecule has 0 unspecified atom stereocenters. The van der Waals surface area contributed by atoms with Crippen molar-refractivity contribution in [2.45, 2.75) is 6.92 Å². The second-order valence-electron chi connectivity index (χ2n) is 3.55. The smallest absolute Gasteiger partial charge is 0.361 e. The molecule has 0 aliphatic rings. The van der Waals surface area contributed by atoms with Crippen molar-refractivity contribution in [3.8, 4) is 11.3 Å². The standard InChI is InChI=1S/C11H10N4O4/c1-2-19-11(16)10-9(12-14-13-10)7-4-3-5-8(6-7)15(17)18/h3-6H,2H2,1H3,(H,12,13,14). The molecule has 0 aliphatic carbocycles. The number of ether oxygens (including phenoxy) is 1. The van der Waals surface area contributed by atoms with E-state index in [-0.39, 0.29) is 23.7 Å². The molecule has 0 aliphatic heterocycles. The van der Waals surface area contributed by atoms with Gasteiger partial charge in [-0.1, -0.05) is 12.1 Å². The largest absolute Gasteiger partial charge is 0.461 e. The summed E-state index contributed by atoms with van der Waals surface area (Å²) in [5.41, 5.74) is 0.561. The van der Waals surface area contributed by atoms with Crippen molar-refractivity contribution in [1.29, 1.82) is 0 Å². The van der Waals surface area contributed by atoms with E-state index in [1.807, 2.05) is 0 Å². The van der Waals surface area contributed by atoms with Crippen molar-refractivity contribution in [3.63, 3.8) is 0 Å². The topological polar surface area (TPSA) is 111 Å². The third-order valence-electron chi connectivity index (χ3n) is 2.35. The van der Waals surface area contributed by atoms with Gasteiger partial charge in [-0.05, 0) is 6.92 Å². The molecule has 0 saturated carbocycles. The average molecular weight is 262 g/mol. The van der Waals surface area contributed by atoms with Crippen molar-refractivity contribution in [1.82, 2.24) is 15.4 Å². The minimum absolute atomic E-state index is 0.00217. The van der Waals surface area contributed by atoms with Crippen LogP contribution in [-0.4, -0.2) is 32.9 Å². The van der Waals surface area contributed by atoms with Crippen LogP contribution < -0.4 is 0 Å². The van der Waals surface area contributed by atoms with Crippen LogP contribution in [0.15, 0.2) is 24.3 Å². The summed E-state index contributed by atoms with van der Waals surface area (Å²) in [6.45, 7) is 1.88. The molecule has 8 nitrogen and oxygen atoms in total. The number of non-ortho nitro benzene ring substituents is 1. The molecule has 1 aromatic carbocycles. The molecule has 0 atom stereocenters. The van der Waals surface area contributed by atoms with Crippen molar-refractivity contribution in [2.24, 2.45) is 0 Å². The van der Waals surface area contributed by atoms with E-state index in [2.05, 4.69) is 15.4 Å². The van der Waals surface area contributed by atoms with E-state index in [9.17, 15) is 14.9 Å². The van der Waals surface area contributed by atoms with Gasteiger partial charge < -0.3 is 4.74 Å². The maximum absolute atomic E-state index is 11.6. The molecule has 0 fully saturated rings. The fourth-order valence-electron chi connectivity index (χ4n) is 1.54. The molecule has 0 amide bonds. The van der Waals surface area contributed by atoms with Crippen LogP contribution in [0.5, 0.6) is 0 Å². The lowest BCUT2D eigenvalue weighted by Gasteiger charge is -2.01. The number of aromatic amines is 1. The number of rotatable bonds is 4. The highest BCUT2D eigenvalue weighted by molar-refractivity contribution is 5.94. The van der Waals surface area contributed by atoms with E-state index in [4.69, 9.17) is 4.74 Å². The number of esters is 1. The number of nitrogens with zero attached hydrogens (tertiary/aromatic N) is 3. The summed E-state index contributed by atoms with van der Waals surface area (Å²) >= 11 is 0. The highest BCUT2D eigenvalue weighted by Crippen LogP contribution is 2.24. The van der Waals surface area contributed by atoms with Crippen LogP contribution in [0.2, 0.25) is 0 Å². The first-order chi connectivity index (χ1) is 9.13. The Morgan fingerprint density at radius 3 is 2.95 bits per heavy atom. The lowest BCUT2D eigenvalue weighted by atomic mass is 10.1. The van der Waals surface area contributed by atoms with E-state index in [0.29, 0.717) is 5.56 Å². The van der Waals surface area contributed by atoms with Crippen LogP contribution in [0.1, 0.15) is 17.4 Å². The van der Waals surface area contributed by atoms with Crippen LogP contribution in [-0.2, 0) is 4.74 Å². The molecular weight excluding hydrogens is 252 g/mol. The van der Waals surface area contributed by atoms with Crippen LogP contribution in [0.4, 0.5) is 5.69 Å². The summed E-state index contributed by atoms with van der Waals surface area (Å²) in [4.78, 5) is 21.8. The van der Waals surface area contributed by atoms with Gasteiger partial charge in [0.2, 0.25) is 0 Å².